The van der Waals surface area contributed by atoms with Crippen molar-refractivity contribution in [2.75, 3.05) is 13.1 Å². The van der Waals surface area contributed by atoms with E-state index in [0.717, 1.165) is 35.2 Å². The van der Waals surface area contributed by atoms with Gasteiger partial charge in [0.1, 0.15) is 5.82 Å². The van der Waals surface area contributed by atoms with Crippen molar-refractivity contribution in [1.82, 2.24) is 20.4 Å². The number of carbonyl (C=O) groups is 2. The molecule has 7 heteroatoms. The molecule has 6 nitrogen and oxygen atoms in total. The van der Waals surface area contributed by atoms with Gasteiger partial charge in [-0.15, -0.1) is 0 Å². The largest absolute Gasteiger partial charge is 0.352 e. The molecule has 2 amide bonds. The first-order valence-electron chi connectivity index (χ1n) is 10.5. The van der Waals surface area contributed by atoms with Crippen LogP contribution >= 0.6 is 0 Å². The van der Waals surface area contributed by atoms with E-state index in [4.69, 9.17) is 0 Å². The Labute approximate surface area is 180 Å². The summed E-state index contributed by atoms with van der Waals surface area (Å²) in [4.78, 5) is 27.1. The Kier molecular flexibility index (Phi) is 6.40. The van der Waals surface area contributed by atoms with Crippen molar-refractivity contribution < 1.29 is 14.0 Å². The first kappa shape index (κ1) is 20.8. The Balaban J connectivity index is 1.28. The number of benzene rings is 2. The highest BCUT2D eigenvalue weighted by molar-refractivity contribution is 5.82. The topological polar surface area (TPSA) is 78.1 Å². The molecule has 1 unspecified atom stereocenters. The molecule has 0 aliphatic carbocycles. The quantitative estimate of drug-likeness (QED) is 0.642. The number of halogens is 1. The summed E-state index contributed by atoms with van der Waals surface area (Å²) in [6.45, 7) is 1.52. The molecular formula is C24H25FN4O2. The van der Waals surface area contributed by atoms with Gasteiger partial charge in [-0.05, 0) is 47.7 Å². The van der Waals surface area contributed by atoms with Crippen molar-refractivity contribution in [2.24, 2.45) is 5.92 Å². The molecule has 1 aromatic heterocycles. The summed E-state index contributed by atoms with van der Waals surface area (Å²) in [5, 5.41) is 9.88. The van der Waals surface area contributed by atoms with E-state index in [2.05, 4.69) is 15.5 Å². The number of H-pyrrole nitrogens is 1. The van der Waals surface area contributed by atoms with E-state index in [0.29, 0.717) is 19.6 Å². The van der Waals surface area contributed by atoms with E-state index >= 15 is 0 Å². The summed E-state index contributed by atoms with van der Waals surface area (Å²) in [5.74, 6) is -0.590. The molecule has 3 aromatic rings. The van der Waals surface area contributed by atoms with Gasteiger partial charge in [0.05, 0.1) is 18.0 Å². The molecular weight excluding hydrogens is 395 g/mol. The van der Waals surface area contributed by atoms with Gasteiger partial charge >= 0.3 is 0 Å². The third kappa shape index (κ3) is 5.36. The second kappa shape index (κ2) is 9.55. The van der Waals surface area contributed by atoms with E-state index in [9.17, 15) is 14.0 Å². The minimum absolute atomic E-state index is 0.0292. The molecule has 0 bridgehead atoms. The van der Waals surface area contributed by atoms with Gasteiger partial charge in [0.15, 0.2) is 0 Å². The molecule has 2 N–H and O–H groups in total. The van der Waals surface area contributed by atoms with Gasteiger partial charge in [-0.3, -0.25) is 14.7 Å². The van der Waals surface area contributed by atoms with Crippen LogP contribution in [0, 0.1) is 11.7 Å². The summed E-state index contributed by atoms with van der Waals surface area (Å²) in [7, 11) is 0. The number of nitrogens with zero attached hydrogens (tertiary/aromatic N) is 2. The van der Waals surface area contributed by atoms with Gasteiger partial charge in [0.25, 0.3) is 0 Å². The van der Waals surface area contributed by atoms with Crippen LogP contribution in [-0.4, -0.2) is 40.0 Å². The number of aromatic amines is 1. The lowest BCUT2D eigenvalue weighted by molar-refractivity contribution is -0.135. The van der Waals surface area contributed by atoms with Crippen LogP contribution in [0.15, 0.2) is 60.8 Å². The highest BCUT2D eigenvalue weighted by Gasteiger charge is 2.28. The average Bonchev–Trinajstić information content (AvgIpc) is 3.34. The molecule has 4 rings (SSSR count). The van der Waals surface area contributed by atoms with Gasteiger partial charge in [-0.25, -0.2) is 4.39 Å². The van der Waals surface area contributed by atoms with Crippen LogP contribution in [0.5, 0.6) is 0 Å². The Morgan fingerprint density at radius 2 is 1.81 bits per heavy atom. The van der Waals surface area contributed by atoms with Crippen LogP contribution in [0.4, 0.5) is 4.39 Å². The predicted octanol–water partition coefficient (Wildman–Crippen LogP) is 3.31. The maximum Gasteiger partial charge on any atom is 0.227 e. The molecule has 1 aliphatic heterocycles. The Bertz CT molecular complexity index is 1020. The SMILES string of the molecule is O=C(NCc1ccc(-c2ccn[nH]2)cc1)C1CCCN(C(=O)Cc2ccc(F)cc2)C1. The fourth-order valence-corrected chi connectivity index (χ4v) is 3.86. The normalized spacial score (nSPS) is 16.2. The summed E-state index contributed by atoms with van der Waals surface area (Å²) >= 11 is 0. The molecule has 160 valence electrons. The monoisotopic (exact) mass is 420 g/mol. The lowest BCUT2D eigenvalue weighted by Crippen LogP contribution is -2.45. The van der Waals surface area contributed by atoms with E-state index in [1.807, 2.05) is 30.3 Å². The number of likely N-dealkylation sites (tertiary alicyclic amines) is 1. The third-order valence-electron chi connectivity index (χ3n) is 5.65. The second-order valence-electron chi connectivity index (χ2n) is 7.87. The Hall–Kier alpha value is -3.48. The second-order valence-corrected chi connectivity index (χ2v) is 7.87. The van der Waals surface area contributed by atoms with Gasteiger partial charge in [-0.2, -0.15) is 5.10 Å². The van der Waals surface area contributed by atoms with Gasteiger partial charge in [-0.1, -0.05) is 36.4 Å². The van der Waals surface area contributed by atoms with E-state index in [1.54, 1.807) is 23.2 Å². The summed E-state index contributed by atoms with van der Waals surface area (Å²) in [6, 6.07) is 15.8. The van der Waals surface area contributed by atoms with E-state index in [1.165, 1.54) is 12.1 Å². The Morgan fingerprint density at radius 1 is 1.06 bits per heavy atom. The van der Waals surface area contributed by atoms with Crippen LogP contribution in [0.1, 0.15) is 24.0 Å². The third-order valence-corrected chi connectivity index (χ3v) is 5.65. The van der Waals surface area contributed by atoms with Crippen molar-refractivity contribution in [3.05, 3.63) is 77.7 Å². The first-order valence-corrected chi connectivity index (χ1v) is 10.5. The lowest BCUT2D eigenvalue weighted by Gasteiger charge is -2.32. The fourth-order valence-electron chi connectivity index (χ4n) is 3.86. The molecule has 2 aromatic carbocycles. The van der Waals surface area contributed by atoms with E-state index < -0.39 is 0 Å². The zero-order valence-electron chi connectivity index (χ0n) is 17.2. The van der Waals surface area contributed by atoms with Gasteiger partial charge in [0, 0.05) is 25.8 Å². The summed E-state index contributed by atoms with van der Waals surface area (Å²) in [5.41, 5.74) is 3.77. The zero-order chi connectivity index (χ0) is 21.6. The van der Waals surface area contributed by atoms with Crippen molar-refractivity contribution in [3.63, 3.8) is 0 Å². The number of rotatable bonds is 6. The van der Waals surface area contributed by atoms with Crippen LogP contribution in [0.2, 0.25) is 0 Å². The van der Waals surface area contributed by atoms with Crippen LogP contribution in [-0.2, 0) is 22.6 Å². The molecule has 31 heavy (non-hydrogen) atoms. The van der Waals surface area contributed by atoms with Crippen molar-refractivity contribution in [2.45, 2.75) is 25.8 Å². The molecule has 1 fully saturated rings. The van der Waals surface area contributed by atoms with Crippen molar-refractivity contribution in [1.29, 1.82) is 0 Å². The minimum Gasteiger partial charge on any atom is -0.352 e. The number of piperidine rings is 1. The Morgan fingerprint density at radius 3 is 2.52 bits per heavy atom. The molecule has 0 saturated carbocycles. The zero-order valence-corrected chi connectivity index (χ0v) is 17.2. The maximum atomic E-state index is 13.1. The number of amides is 2. The predicted molar refractivity (Wildman–Crippen MR) is 115 cm³/mol. The fraction of sp³-hybridized carbons (Fsp3) is 0.292. The number of hydrogen-bond donors (Lipinski definition) is 2. The number of nitrogens with one attached hydrogen (secondary N) is 2. The van der Waals surface area contributed by atoms with Crippen LogP contribution < -0.4 is 5.32 Å². The van der Waals surface area contributed by atoms with Gasteiger partial charge < -0.3 is 10.2 Å². The lowest BCUT2D eigenvalue weighted by atomic mass is 9.96. The molecule has 0 spiro atoms. The smallest absolute Gasteiger partial charge is 0.227 e. The highest BCUT2D eigenvalue weighted by Crippen LogP contribution is 2.19. The van der Waals surface area contributed by atoms with Crippen LogP contribution in [0.25, 0.3) is 11.3 Å². The number of hydrogen-bond acceptors (Lipinski definition) is 3. The highest BCUT2D eigenvalue weighted by atomic mass is 19.1. The number of carbonyl (C=O) groups excluding carboxylic acids is 2. The molecule has 2 heterocycles. The molecule has 1 aliphatic rings. The molecule has 0 radical (unpaired) electrons. The number of aromatic nitrogens is 2. The van der Waals surface area contributed by atoms with Crippen LogP contribution in [0.3, 0.4) is 0 Å². The minimum atomic E-state index is -0.318. The first-order chi connectivity index (χ1) is 15.1. The average molecular weight is 420 g/mol. The summed E-state index contributed by atoms with van der Waals surface area (Å²) < 4.78 is 13.1. The van der Waals surface area contributed by atoms with E-state index in [-0.39, 0.29) is 30.0 Å². The molecule has 1 saturated heterocycles. The summed E-state index contributed by atoms with van der Waals surface area (Å²) in [6.07, 6.45) is 3.50. The maximum absolute atomic E-state index is 13.1. The van der Waals surface area contributed by atoms with Crippen molar-refractivity contribution in [3.8, 4) is 11.3 Å². The van der Waals surface area contributed by atoms with Crippen molar-refractivity contribution >= 4 is 11.8 Å². The van der Waals surface area contributed by atoms with Gasteiger partial charge in [0.2, 0.25) is 11.8 Å². The molecule has 1 atom stereocenters. The standard InChI is InChI=1S/C24H25FN4O2/c25-21-9-5-17(6-10-21)14-23(30)29-13-1-2-20(16-29)24(31)26-15-18-3-7-19(8-4-18)22-11-12-27-28-22/h3-12,20H,1-2,13-16H2,(H,26,31)(H,27,28).